The lowest BCUT2D eigenvalue weighted by molar-refractivity contribution is 0.117. The lowest BCUT2D eigenvalue weighted by Crippen LogP contribution is -2.41. The molecule has 0 aliphatic heterocycles. The van der Waals surface area contributed by atoms with Crippen LogP contribution in [0.15, 0.2) is 16.8 Å². The molecule has 1 heterocycles. The minimum atomic E-state index is 0.657. The van der Waals surface area contributed by atoms with E-state index in [1.54, 1.807) is 5.56 Å². The normalized spacial score (nSPS) is 23.0. The molecule has 0 saturated heterocycles. The molecule has 1 N–H and O–H groups in total. The molecule has 1 nitrogen and oxygen atoms in total. The highest BCUT2D eigenvalue weighted by molar-refractivity contribution is 7.07. The van der Waals surface area contributed by atoms with Gasteiger partial charge in [0.25, 0.3) is 0 Å². The molecule has 2 fully saturated rings. The van der Waals surface area contributed by atoms with Gasteiger partial charge in [-0.3, -0.25) is 0 Å². The molecule has 2 saturated carbocycles. The Morgan fingerprint density at radius 3 is 2.81 bits per heavy atom. The molecule has 2 heteroatoms. The first kappa shape index (κ1) is 10.8. The number of nitrogens with one attached hydrogen (secondary N) is 1. The molecule has 2 aliphatic carbocycles. The smallest absolute Gasteiger partial charge is 0.00684 e. The Kier molecular flexibility index (Phi) is 3.03. The highest BCUT2D eigenvalue weighted by Crippen LogP contribution is 2.44. The highest BCUT2D eigenvalue weighted by atomic mass is 32.1. The molecule has 1 aromatic rings. The van der Waals surface area contributed by atoms with E-state index < -0.39 is 0 Å². The van der Waals surface area contributed by atoms with Crippen LogP contribution in [0.25, 0.3) is 0 Å². The molecular weight excluding hydrogens is 214 g/mol. The van der Waals surface area contributed by atoms with Crippen molar-refractivity contribution < 1.29 is 0 Å². The molecule has 0 amide bonds. The number of aryl methyl sites for hydroxylation is 1. The van der Waals surface area contributed by atoms with Crippen molar-refractivity contribution in [1.82, 2.24) is 5.32 Å². The second-order valence-electron chi connectivity index (χ2n) is 5.64. The fourth-order valence-corrected chi connectivity index (χ4v) is 3.39. The predicted octanol–water partition coefficient (Wildman–Crippen LogP) is 3.60. The zero-order valence-corrected chi connectivity index (χ0v) is 10.7. The molecule has 1 aromatic heterocycles. The largest absolute Gasteiger partial charge is 0.313 e. The van der Waals surface area contributed by atoms with Gasteiger partial charge in [0.15, 0.2) is 0 Å². The molecule has 0 unspecified atom stereocenters. The van der Waals surface area contributed by atoms with Crippen molar-refractivity contribution in [2.45, 2.75) is 51.0 Å². The maximum Gasteiger partial charge on any atom is 0.00684 e. The summed E-state index contributed by atoms with van der Waals surface area (Å²) in [5, 5.41) is 8.24. The van der Waals surface area contributed by atoms with E-state index in [1.807, 2.05) is 11.3 Å². The van der Waals surface area contributed by atoms with Gasteiger partial charge in [-0.25, -0.2) is 0 Å². The Hall–Kier alpha value is -0.340. The quantitative estimate of drug-likeness (QED) is 0.794. The average molecular weight is 235 g/mol. The van der Waals surface area contributed by atoms with Gasteiger partial charge in [0.2, 0.25) is 0 Å². The van der Waals surface area contributed by atoms with Gasteiger partial charge in [-0.1, -0.05) is 6.42 Å². The van der Waals surface area contributed by atoms with Crippen LogP contribution in [0.4, 0.5) is 0 Å². The Morgan fingerprint density at radius 2 is 2.25 bits per heavy atom. The lowest BCUT2D eigenvalue weighted by Gasteiger charge is -2.42. The van der Waals surface area contributed by atoms with Crippen LogP contribution in [0.2, 0.25) is 0 Å². The first-order chi connectivity index (χ1) is 7.86. The van der Waals surface area contributed by atoms with E-state index in [2.05, 4.69) is 22.1 Å². The monoisotopic (exact) mass is 235 g/mol. The molecule has 0 radical (unpaired) electrons. The summed E-state index contributed by atoms with van der Waals surface area (Å²) in [6.45, 7) is 1.28. The first-order valence-corrected chi connectivity index (χ1v) is 7.55. The predicted molar refractivity (Wildman–Crippen MR) is 69.9 cm³/mol. The van der Waals surface area contributed by atoms with Gasteiger partial charge >= 0.3 is 0 Å². The lowest BCUT2D eigenvalue weighted by atomic mass is 9.65. The van der Waals surface area contributed by atoms with Crippen LogP contribution in [-0.4, -0.2) is 12.6 Å². The van der Waals surface area contributed by atoms with Crippen LogP contribution in [0, 0.1) is 5.41 Å². The van der Waals surface area contributed by atoms with Gasteiger partial charge in [0, 0.05) is 12.6 Å². The van der Waals surface area contributed by atoms with Crippen LogP contribution < -0.4 is 5.32 Å². The van der Waals surface area contributed by atoms with Crippen molar-refractivity contribution in [3.8, 4) is 0 Å². The maximum absolute atomic E-state index is 3.73. The van der Waals surface area contributed by atoms with Gasteiger partial charge in [-0.05, 0) is 66.3 Å². The molecule has 3 rings (SSSR count). The third-order valence-electron chi connectivity index (χ3n) is 4.28. The van der Waals surface area contributed by atoms with Gasteiger partial charge in [0.1, 0.15) is 0 Å². The third-order valence-corrected chi connectivity index (χ3v) is 5.01. The van der Waals surface area contributed by atoms with Crippen molar-refractivity contribution >= 4 is 11.3 Å². The Bertz CT molecular complexity index is 323. The third kappa shape index (κ3) is 2.49. The van der Waals surface area contributed by atoms with Crippen molar-refractivity contribution in [2.24, 2.45) is 5.41 Å². The Balaban J connectivity index is 1.49. The van der Waals surface area contributed by atoms with E-state index >= 15 is 0 Å². The summed E-state index contributed by atoms with van der Waals surface area (Å²) >= 11 is 1.83. The van der Waals surface area contributed by atoms with Crippen molar-refractivity contribution in [1.29, 1.82) is 0 Å². The van der Waals surface area contributed by atoms with Crippen LogP contribution >= 0.6 is 11.3 Å². The molecular formula is C14H21NS. The number of thiophene rings is 1. The van der Waals surface area contributed by atoms with E-state index in [0.717, 1.165) is 6.04 Å². The number of hydrogen-bond acceptors (Lipinski definition) is 2. The van der Waals surface area contributed by atoms with Gasteiger partial charge in [-0.15, -0.1) is 0 Å². The summed E-state index contributed by atoms with van der Waals surface area (Å²) in [6.07, 6.45) is 9.88. The molecule has 16 heavy (non-hydrogen) atoms. The van der Waals surface area contributed by atoms with E-state index in [9.17, 15) is 0 Å². The van der Waals surface area contributed by atoms with E-state index in [0.29, 0.717) is 5.41 Å². The van der Waals surface area contributed by atoms with E-state index in [4.69, 9.17) is 0 Å². The van der Waals surface area contributed by atoms with Crippen LogP contribution in [-0.2, 0) is 6.42 Å². The molecule has 88 valence electrons. The molecule has 0 bridgehead atoms. The van der Waals surface area contributed by atoms with Crippen molar-refractivity contribution in [3.63, 3.8) is 0 Å². The Morgan fingerprint density at radius 1 is 1.38 bits per heavy atom. The second-order valence-corrected chi connectivity index (χ2v) is 6.42. The van der Waals surface area contributed by atoms with Gasteiger partial charge in [-0.2, -0.15) is 11.3 Å². The minimum absolute atomic E-state index is 0.657. The fraction of sp³-hybridized carbons (Fsp3) is 0.714. The SMILES string of the molecule is c1cc(CCC2(CNC3CC3)CCC2)cs1. The van der Waals surface area contributed by atoms with Gasteiger partial charge in [0.05, 0.1) is 0 Å². The summed E-state index contributed by atoms with van der Waals surface area (Å²) in [7, 11) is 0. The average Bonchev–Trinajstić information content (AvgIpc) is 2.91. The van der Waals surface area contributed by atoms with Crippen molar-refractivity contribution in [3.05, 3.63) is 22.4 Å². The number of hydrogen-bond donors (Lipinski definition) is 1. The summed E-state index contributed by atoms with van der Waals surface area (Å²) in [5.41, 5.74) is 2.20. The standard InChI is InChI=1S/C14H21NS/c1-6-14(7-1,11-15-13-2-3-13)8-4-12-5-9-16-10-12/h5,9-10,13,15H,1-4,6-8,11H2. The summed E-state index contributed by atoms with van der Waals surface area (Å²) in [5.74, 6) is 0. The van der Waals surface area contributed by atoms with E-state index in [1.165, 1.54) is 51.5 Å². The maximum atomic E-state index is 3.73. The van der Waals surface area contributed by atoms with Crippen LogP contribution in [0.3, 0.4) is 0 Å². The summed E-state index contributed by atoms with van der Waals surface area (Å²) in [4.78, 5) is 0. The van der Waals surface area contributed by atoms with Crippen LogP contribution in [0.1, 0.15) is 44.1 Å². The zero-order valence-electron chi connectivity index (χ0n) is 9.87. The first-order valence-electron chi connectivity index (χ1n) is 6.61. The molecule has 0 atom stereocenters. The molecule has 0 spiro atoms. The fourth-order valence-electron chi connectivity index (χ4n) is 2.68. The minimum Gasteiger partial charge on any atom is -0.313 e. The zero-order chi connectivity index (χ0) is 10.8. The molecule has 0 aromatic carbocycles. The number of rotatable bonds is 6. The highest BCUT2D eigenvalue weighted by Gasteiger charge is 2.37. The van der Waals surface area contributed by atoms with Crippen LogP contribution in [0.5, 0.6) is 0 Å². The Labute approximate surface area is 102 Å². The second kappa shape index (κ2) is 4.50. The topological polar surface area (TPSA) is 12.0 Å². The summed E-state index contributed by atoms with van der Waals surface area (Å²) < 4.78 is 0. The van der Waals surface area contributed by atoms with Gasteiger partial charge < -0.3 is 5.32 Å². The van der Waals surface area contributed by atoms with Crippen molar-refractivity contribution in [2.75, 3.05) is 6.54 Å². The summed E-state index contributed by atoms with van der Waals surface area (Å²) in [6, 6.07) is 3.16. The molecule has 2 aliphatic rings. The van der Waals surface area contributed by atoms with E-state index in [-0.39, 0.29) is 0 Å².